The molecule has 0 aliphatic heterocycles. The van der Waals surface area contributed by atoms with Crippen molar-refractivity contribution in [1.29, 1.82) is 0 Å². The van der Waals surface area contributed by atoms with Gasteiger partial charge in [0.25, 0.3) is 0 Å². The molecule has 0 rings (SSSR count). The molecule has 0 aromatic carbocycles. The molecule has 18 heavy (non-hydrogen) atoms. The zero-order chi connectivity index (χ0) is 14.7. The minimum absolute atomic E-state index is 0.155. The summed E-state index contributed by atoms with van der Waals surface area (Å²) in [5.41, 5.74) is -1.13. The minimum Gasteiger partial charge on any atom is -0.391 e. The second-order valence-electron chi connectivity index (χ2n) is 6.54. The average Bonchev–Trinajstić information content (AvgIpc) is 2.22. The monoisotopic (exact) mass is 257 g/mol. The van der Waals surface area contributed by atoms with Gasteiger partial charge in [0.15, 0.2) is 5.78 Å². The summed E-state index contributed by atoms with van der Waals surface area (Å²) in [6, 6.07) is -0.844. The lowest BCUT2D eigenvalue weighted by molar-refractivity contribution is -0.138. The van der Waals surface area contributed by atoms with E-state index in [0.29, 0.717) is 6.42 Å². The highest BCUT2D eigenvalue weighted by Gasteiger charge is 2.36. The highest BCUT2D eigenvalue weighted by molar-refractivity contribution is 5.94. The van der Waals surface area contributed by atoms with Gasteiger partial charge in [0.05, 0.1) is 6.10 Å². The van der Waals surface area contributed by atoms with Crippen LogP contribution in [0.25, 0.3) is 0 Å². The SMILES string of the molecule is CCC(C)(C)C(=O)N[C@@H](C(=O)C(C)(C)C)C(C)O. The van der Waals surface area contributed by atoms with E-state index in [1.165, 1.54) is 6.92 Å². The lowest BCUT2D eigenvalue weighted by atomic mass is 9.83. The summed E-state index contributed by atoms with van der Waals surface area (Å²) in [5, 5.41) is 12.4. The van der Waals surface area contributed by atoms with E-state index < -0.39 is 23.0 Å². The van der Waals surface area contributed by atoms with E-state index in [4.69, 9.17) is 0 Å². The van der Waals surface area contributed by atoms with Gasteiger partial charge in [-0.2, -0.15) is 0 Å². The minimum atomic E-state index is -0.895. The van der Waals surface area contributed by atoms with Gasteiger partial charge >= 0.3 is 0 Å². The van der Waals surface area contributed by atoms with Gasteiger partial charge in [-0.05, 0) is 13.3 Å². The third-order valence-electron chi connectivity index (χ3n) is 3.29. The second-order valence-corrected chi connectivity index (χ2v) is 6.54. The van der Waals surface area contributed by atoms with Gasteiger partial charge < -0.3 is 10.4 Å². The van der Waals surface area contributed by atoms with Crippen LogP contribution < -0.4 is 5.32 Å². The molecule has 0 saturated carbocycles. The molecule has 1 amide bonds. The molecule has 4 heteroatoms. The normalized spacial score (nSPS) is 16.0. The topological polar surface area (TPSA) is 66.4 Å². The van der Waals surface area contributed by atoms with Crippen molar-refractivity contribution < 1.29 is 14.7 Å². The fourth-order valence-corrected chi connectivity index (χ4v) is 1.37. The van der Waals surface area contributed by atoms with Crippen LogP contribution in [-0.4, -0.2) is 28.9 Å². The quantitative estimate of drug-likeness (QED) is 0.790. The number of hydrogen-bond acceptors (Lipinski definition) is 3. The van der Waals surface area contributed by atoms with Gasteiger partial charge in [0.2, 0.25) is 5.91 Å². The smallest absolute Gasteiger partial charge is 0.226 e. The summed E-state index contributed by atoms with van der Waals surface area (Å²) in [6.07, 6.45) is -0.219. The maximum atomic E-state index is 12.2. The van der Waals surface area contributed by atoms with Gasteiger partial charge in [-0.3, -0.25) is 9.59 Å². The van der Waals surface area contributed by atoms with Crippen LogP contribution >= 0.6 is 0 Å². The Labute approximate surface area is 110 Å². The highest BCUT2D eigenvalue weighted by Crippen LogP contribution is 2.22. The van der Waals surface area contributed by atoms with Gasteiger partial charge in [0.1, 0.15) is 6.04 Å². The number of nitrogens with one attached hydrogen (secondary N) is 1. The molecule has 0 bridgehead atoms. The molecule has 0 heterocycles. The van der Waals surface area contributed by atoms with Crippen molar-refractivity contribution in [3.63, 3.8) is 0 Å². The first-order valence-electron chi connectivity index (χ1n) is 6.47. The number of aliphatic hydroxyl groups is 1. The van der Waals surface area contributed by atoms with E-state index in [1.807, 2.05) is 20.8 Å². The predicted molar refractivity (Wildman–Crippen MR) is 72.1 cm³/mol. The van der Waals surface area contributed by atoms with E-state index in [1.54, 1.807) is 20.8 Å². The van der Waals surface area contributed by atoms with E-state index in [9.17, 15) is 14.7 Å². The lowest BCUT2D eigenvalue weighted by Gasteiger charge is -2.30. The second kappa shape index (κ2) is 5.83. The van der Waals surface area contributed by atoms with Crippen LogP contribution in [0.4, 0.5) is 0 Å². The van der Waals surface area contributed by atoms with Crippen LogP contribution in [0.15, 0.2) is 0 Å². The third kappa shape index (κ3) is 4.41. The van der Waals surface area contributed by atoms with Gasteiger partial charge in [0, 0.05) is 10.8 Å². The molecule has 2 N–H and O–H groups in total. The fraction of sp³-hybridized carbons (Fsp3) is 0.857. The van der Waals surface area contributed by atoms with E-state index in [2.05, 4.69) is 5.32 Å². The Balaban J connectivity index is 4.98. The van der Waals surface area contributed by atoms with Gasteiger partial charge in [-0.1, -0.05) is 41.5 Å². The molecule has 0 radical (unpaired) electrons. The Morgan fingerprint density at radius 2 is 1.61 bits per heavy atom. The molecule has 2 atom stereocenters. The number of carbonyl (C=O) groups is 2. The number of rotatable bonds is 5. The average molecular weight is 257 g/mol. The van der Waals surface area contributed by atoms with Gasteiger partial charge in [-0.25, -0.2) is 0 Å². The number of amides is 1. The molecule has 0 aromatic heterocycles. The molecule has 0 saturated heterocycles. The van der Waals surface area contributed by atoms with E-state index >= 15 is 0 Å². The number of aliphatic hydroxyl groups excluding tert-OH is 1. The molecule has 0 fully saturated rings. The van der Waals surface area contributed by atoms with Crippen LogP contribution in [0.3, 0.4) is 0 Å². The highest BCUT2D eigenvalue weighted by atomic mass is 16.3. The number of Topliss-reactive ketones (excluding diaryl/α,β-unsaturated/α-hetero) is 1. The first kappa shape index (κ1) is 17.1. The van der Waals surface area contributed by atoms with Gasteiger partial charge in [-0.15, -0.1) is 0 Å². The Morgan fingerprint density at radius 3 is 1.89 bits per heavy atom. The molecular formula is C14H27NO3. The molecule has 106 valence electrons. The van der Waals surface area contributed by atoms with E-state index in [0.717, 1.165) is 0 Å². The van der Waals surface area contributed by atoms with Crippen molar-refractivity contribution >= 4 is 11.7 Å². The third-order valence-corrected chi connectivity index (χ3v) is 3.29. The van der Waals surface area contributed by atoms with Crippen LogP contribution in [0.2, 0.25) is 0 Å². The Bertz CT molecular complexity index is 313. The van der Waals surface area contributed by atoms with Crippen molar-refractivity contribution in [2.75, 3.05) is 0 Å². The molecule has 1 unspecified atom stereocenters. The van der Waals surface area contributed by atoms with Crippen LogP contribution in [0.1, 0.15) is 54.9 Å². The summed E-state index contributed by atoms with van der Waals surface area (Å²) in [5.74, 6) is -0.355. The Kier molecular flexibility index (Phi) is 5.54. The summed E-state index contributed by atoms with van der Waals surface area (Å²) < 4.78 is 0. The number of carbonyl (C=O) groups excluding carboxylic acids is 2. The Morgan fingerprint density at radius 1 is 1.17 bits per heavy atom. The van der Waals surface area contributed by atoms with Crippen LogP contribution in [0.5, 0.6) is 0 Å². The largest absolute Gasteiger partial charge is 0.391 e. The standard InChI is InChI=1S/C14H27NO3/c1-8-14(6,7)12(18)15-10(9(2)16)11(17)13(3,4)5/h9-10,16H,8H2,1-7H3,(H,15,18)/t9?,10-/m1/s1. The van der Waals surface area contributed by atoms with Crippen molar-refractivity contribution in [1.82, 2.24) is 5.32 Å². The molecular weight excluding hydrogens is 230 g/mol. The van der Waals surface area contributed by atoms with Crippen molar-refractivity contribution in [2.24, 2.45) is 10.8 Å². The molecule has 0 spiro atoms. The summed E-state index contributed by atoms with van der Waals surface area (Å²) in [4.78, 5) is 24.2. The van der Waals surface area contributed by atoms with Crippen LogP contribution in [-0.2, 0) is 9.59 Å². The summed E-state index contributed by atoms with van der Waals surface area (Å²) in [6.45, 7) is 12.4. The lowest BCUT2D eigenvalue weighted by Crippen LogP contribution is -2.54. The number of hydrogen-bond donors (Lipinski definition) is 2. The number of ketones is 1. The first-order chi connectivity index (χ1) is 7.93. The molecule has 0 aromatic rings. The van der Waals surface area contributed by atoms with E-state index in [-0.39, 0.29) is 11.7 Å². The first-order valence-corrected chi connectivity index (χ1v) is 6.47. The maximum absolute atomic E-state index is 12.2. The summed E-state index contributed by atoms with van der Waals surface area (Å²) >= 11 is 0. The zero-order valence-electron chi connectivity index (χ0n) is 12.6. The zero-order valence-corrected chi connectivity index (χ0v) is 12.6. The predicted octanol–water partition coefficient (Wildman–Crippen LogP) is 1.90. The van der Waals surface area contributed by atoms with Crippen molar-refractivity contribution in [3.8, 4) is 0 Å². The Hall–Kier alpha value is -0.900. The summed E-state index contributed by atoms with van der Waals surface area (Å²) in [7, 11) is 0. The fourth-order valence-electron chi connectivity index (χ4n) is 1.37. The van der Waals surface area contributed by atoms with Crippen LogP contribution in [0, 0.1) is 10.8 Å². The molecule has 0 aliphatic carbocycles. The molecule has 0 aliphatic rings. The van der Waals surface area contributed by atoms with Crippen molar-refractivity contribution in [2.45, 2.75) is 67.0 Å². The van der Waals surface area contributed by atoms with Crippen molar-refractivity contribution in [3.05, 3.63) is 0 Å². The molecule has 4 nitrogen and oxygen atoms in total. The maximum Gasteiger partial charge on any atom is 0.226 e.